The van der Waals surface area contributed by atoms with E-state index < -0.39 is 26.7 Å². The minimum Gasteiger partial charge on any atom is -0.505 e. The molecule has 0 saturated carbocycles. The molecule has 0 radical (unpaired) electrons. The highest BCUT2D eigenvalue weighted by Gasteiger charge is 2.19. The monoisotopic (exact) mass is 406 g/mol. The molecule has 8 nitrogen and oxygen atoms in total. The number of hydrogen-bond acceptors (Lipinski definition) is 6. The highest BCUT2D eigenvalue weighted by Crippen LogP contribution is 2.40. The number of nitrogens with zero attached hydrogens (tertiary/aromatic N) is 2. The number of benzene rings is 3. The number of rotatable bonds is 4. The first-order chi connectivity index (χ1) is 12.7. The van der Waals surface area contributed by atoms with E-state index in [1.54, 1.807) is 24.3 Å². The third-order valence-corrected chi connectivity index (χ3v) is 4.80. The van der Waals surface area contributed by atoms with Gasteiger partial charge in [-0.1, -0.05) is 35.9 Å². The van der Waals surface area contributed by atoms with Crippen LogP contribution in [0.5, 0.6) is 5.75 Å². The predicted octanol–water partition coefficient (Wildman–Crippen LogP) is 4.56. The Morgan fingerprint density at radius 3 is 2.41 bits per heavy atom. The first-order valence-corrected chi connectivity index (χ1v) is 9.17. The fraction of sp³-hybridized carbons (Fsp3) is 0. The van der Waals surface area contributed by atoms with Crippen LogP contribution in [0.3, 0.4) is 0 Å². The van der Waals surface area contributed by atoms with E-state index >= 15 is 0 Å². The zero-order valence-corrected chi connectivity index (χ0v) is 14.9. The molecule has 0 unspecified atom stereocenters. The predicted molar refractivity (Wildman–Crippen MR) is 98.0 cm³/mol. The van der Waals surface area contributed by atoms with Crippen LogP contribution in [-0.2, 0) is 10.1 Å². The molecule has 3 rings (SSSR count). The number of aromatic carboxylic acids is 1. The van der Waals surface area contributed by atoms with Gasteiger partial charge in [0.2, 0.25) is 0 Å². The lowest BCUT2D eigenvalue weighted by atomic mass is 10.0. The van der Waals surface area contributed by atoms with Gasteiger partial charge < -0.3 is 10.2 Å². The molecule has 0 saturated heterocycles. The number of fused-ring (bicyclic) bond motifs is 1. The Bertz CT molecular complexity index is 1210. The topological polar surface area (TPSA) is 137 Å². The molecule has 3 aromatic rings. The highest BCUT2D eigenvalue weighted by molar-refractivity contribution is 7.86. The van der Waals surface area contributed by atoms with E-state index in [9.17, 15) is 28.0 Å². The summed E-state index contributed by atoms with van der Waals surface area (Å²) in [5.41, 5.74) is -0.762. The van der Waals surface area contributed by atoms with Crippen LogP contribution in [0.2, 0.25) is 5.02 Å². The summed E-state index contributed by atoms with van der Waals surface area (Å²) in [5, 5.41) is 28.1. The van der Waals surface area contributed by atoms with Crippen LogP contribution >= 0.6 is 11.6 Å². The molecule has 3 N–H and O–H groups in total. The molecule has 0 amide bonds. The van der Waals surface area contributed by atoms with Crippen molar-refractivity contribution in [1.29, 1.82) is 0 Å². The molecule has 138 valence electrons. The summed E-state index contributed by atoms with van der Waals surface area (Å²) >= 11 is 5.75. The maximum atomic E-state index is 11.5. The van der Waals surface area contributed by atoms with Gasteiger partial charge in [-0.2, -0.15) is 8.42 Å². The van der Waals surface area contributed by atoms with Crippen molar-refractivity contribution in [3.63, 3.8) is 0 Å². The SMILES string of the molecule is O=C(O)c1cc2ccccc2c(N=Nc2ccc(Cl)cc2S(=O)(=O)O)c1O. The Morgan fingerprint density at radius 2 is 1.74 bits per heavy atom. The number of aromatic hydroxyl groups is 1. The van der Waals surface area contributed by atoms with Gasteiger partial charge in [-0.05, 0) is 29.7 Å². The van der Waals surface area contributed by atoms with Gasteiger partial charge in [0.25, 0.3) is 10.1 Å². The lowest BCUT2D eigenvalue weighted by Crippen LogP contribution is -1.98. The lowest BCUT2D eigenvalue weighted by Gasteiger charge is -2.08. The normalized spacial score (nSPS) is 11.9. The van der Waals surface area contributed by atoms with Gasteiger partial charge in [-0.15, -0.1) is 10.2 Å². The van der Waals surface area contributed by atoms with Gasteiger partial charge in [-0.3, -0.25) is 4.55 Å². The molecule has 0 fully saturated rings. The number of carboxylic acids is 1. The second-order valence-electron chi connectivity index (χ2n) is 5.43. The van der Waals surface area contributed by atoms with Gasteiger partial charge in [-0.25, -0.2) is 4.79 Å². The maximum Gasteiger partial charge on any atom is 0.339 e. The van der Waals surface area contributed by atoms with Gasteiger partial charge in [0, 0.05) is 10.4 Å². The fourth-order valence-corrected chi connectivity index (χ4v) is 3.35. The van der Waals surface area contributed by atoms with Crippen molar-refractivity contribution in [2.24, 2.45) is 10.2 Å². The first kappa shape index (κ1) is 18.8. The second kappa shape index (κ2) is 6.95. The molecule has 0 aliphatic carbocycles. The number of halogens is 1. The first-order valence-electron chi connectivity index (χ1n) is 7.35. The molecule has 0 heterocycles. The Morgan fingerprint density at radius 1 is 1.04 bits per heavy atom. The molecule has 0 aromatic heterocycles. The standard InChI is InChI=1S/C17H11ClN2O6S/c18-10-5-6-13(14(8-10)27(24,25)26)19-20-15-11-4-2-1-3-9(11)7-12(16(15)21)17(22)23/h1-8,21H,(H,22,23)(H,24,25,26). The maximum absolute atomic E-state index is 11.5. The number of azo groups is 1. The minimum atomic E-state index is -4.63. The fourth-order valence-electron chi connectivity index (χ4n) is 2.46. The summed E-state index contributed by atoms with van der Waals surface area (Å²) in [7, 11) is -4.63. The molecule has 27 heavy (non-hydrogen) atoms. The van der Waals surface area contributed by atoms with E-state index in [4.69, 9.17) is 11.6 Å². The highest BCUT2D eigenvalue weighted by atomic mass is 35.5. The van der Waals surface area contributed by atoms with Crippen LogP contribution in [-0.4, -0.2) is 29.2 Å². The average molecular weight is 407 g/mol. The van der Waals surface area contributed by atoms with Crippen LogP contribution in [0, 0.1) is 0 Å². The quantitative estimate of drug-likeness (QED) is 0.429. The van der Waals surface area contributed by atoms with Gasteiger partial charge >= 0.3 is 5.97 Å². The molecule has 0 spiro atoms. The van der Waals surface area contributed by atoms with E-state index in [0.717, 1.165) is 6.07 Å². The summed E-state index contributed by atoms with van der Waals surface area (Å²) in [6.45, 7) is 0. The van der Waals surface area contributed by atoms with Gasteiger partial charge in [0.15, 0.2) is 5.75 Å². The molecular formula is C17H11ClN2O6S. The van der Waals surface area contributed by atoms with E-state index in [-0.39, 0.29) is 22.0 Å². The third kappa shape index (κ3) is 3.75. The van der Waals surface area contributed by atoms with Crippen molar-refractivity contribution in [3.8, 4) is 5.75 Å². The van der Waals surface area contributed by atoms with Crippen molar-refractivity contribution in [3.05, 3.63) is 59.1 Å². The molecule has 0 atom stereocenters. The zero-order valence-electron chi connectivity index (χ0n) is 13.4. The van der Waals surface area contributed by atoms with Crippen LogP contribution in [0.1, 0.15) is 10.4 Å². The minimum absolute atomic E-state index is 0.0581. The largest absolute Gasteiger partial charge is 0.505 e. The van der Waals surface area contributed by atoms with E-state index in [1.807, 2.05) is 0 Å². The number of hydrogen-bond donors (Lipinski definition) is 3. The Hall–Kier alpha value is -3.01. The van der Waals surface area contributed by atoms with Crippen LogP contribution in [0.15, 0.2) is 63.7 Å². The molecule has 3 aromatic carbocycles. The Labute approximate surface area is 158 Å². The zero-order chi connectivity index (χ0) is 19.8. The van der Waals surface area contributed by atoms with Crippen molar-refractivity contribution in [2.45, 2.75) is 4.90 Å². The number of carboxylic acid groups (broad SMARTS) is 1. The van der Waals surface area contributed by atoms with E-state index in [1.165, 1.54) is 18.2 Å². The number of phenols is 1. The van der Waals surface area contributed by atoms with Crippen molar-refractivity contribution < 1.29 is 28.0 Å². The molecule has 0 bridgehead atoms. The molecule has 10 heteroatoms. The lowest BCUT2D eigenvalue weighted by molar-refractivity contribution is 0.0694. The second-order valence-corrected chi connectivity index (χ2v) is 7.26. The Kier molecular flexibility index (Phi) is 4.83. The Balaban J connectivity index is 2.24. The van der Waals surface area contributed by atoms with Gasteiger partial charge in [0.05, 0.1) is 0 Å². The van der Waals surface area contributed by atoms with Crippen LogP contribution < -0.4 is 0 Å². The molecule has 0 aliphatic heterocycles. The summed E-state index contributed by atoms with van der Waals surface area (Å²) in [6.07, 6.45) is 0. The van der Waals surface area contributed by atoms with Crippen LogP contribution in [0.4, 0.5) is 11.4 Å². The number of carbonyl (C=O) groups is 1. The van der Waals surface area contributed by atoms with Crippen molar-refractivity contribution >= 4 is 49.8 Å². The third-order valence-electron chi connectivity index (χ3n) is 3.68. The summed E-state index contributed by atoms with van der Waals surface area (Å²) < 4.78 is 32.3. The summed E-state index contributed by atoms with van der Waals surface area (Å²) in [5.74, 6) is -1.98. The smallest absolute Gasteiger partial charge is 0.339 e. The van der Waals surface area contributed by atoms with Crippen molar-refractivity contribution in [1.82, 2.24) is 0 Å². The molecular weight excluding hydrogens is 396 g/mol. The molecule has 0 aliphatic rings. The summed E-state index contributed by atoms with van der Waals surface area (Å²) in [6, 6.07) is 11.4. The average Bonchev–Trinajstić information content (AvgIpc) is 2.60. The van der Waals surface area contributed by atoms with Gasteiger partial charge in [0.1, 0.15) is 21.8 Å². The summed E-state index contributed by atoms with van der Waals surface area (Å²) in [4.78, 5) is 10.8. The van der Waals surface area contributed by atoms with Crippen molar-refractivity contribution in [2.75, 3.05) is 0 Å². The van der Waals surface area contributed by atoms with E-state index in [2.05, 4.69) is 10.2 Å². The van der Waals surface area contributed by atoms with E-state index in [0.29, 0.717) is 10.8 Å². The van der Waals surface area contributed by atoms with Crippen LogP contribution in [0.25, 0.3) is 10.8 Å².